The SMILES string of the molecule is C=CC1=Cc2cc3ccc(cc4nc(cc5ccc(cc1n2)[nH]5)C=C4)[nH]3. The molecule has 0 spiro atoms. The third-order valence-corrected chi connectivity index (χ3v) is 4.42. The molecule has 0 aromatic carbocycles. The number of hydrogen-bond donors (Lipinski definition) is 2. The molecule has 0 radical (unpaired) electrons. The Morgan fingerprint density at radius 1 is 0.692 bits per heavy atom. The van der Waals surface area contributed by atoms with Crippen molar-refractivity contribution in [3.63, 3.8) is 0 Å². The van der Waals surface area contributed by atoms with Crippen molar-refractivity contribution in [3.05, 3.63) is 84.0 Å². The normalized spacial score (nSPS) is 12.8. The summed E-state index contributed by atoms with van der Waals surface area (Å²) in [4.78, 5) is 16.2. The van der Waals surface area contributed by atoms with Crippen LogP contribution in [0.25, 0.3) is 45.9 Å². The molecule has 2 aliphatic rings. The van der Waals surface area contributed by atoms with Crippen LogP contribution in [0.4, 0.5) is 0 Å². The van der Waals surface area contributed by atoms with Gasteiger partial charge in [-0.3, -0.25) is 0 Å². The van der Waals surface area contributed by atoms with Gasteiger partial charge >= 0.3 is 0 Å². The Morgan fingerprint density at radius 3 is 1.81 bits per heavy atom. The molecule has 4 nitrogen and oxygen atoms in total. The van der Waals surface area contributed by atoms with Crippen LogP contribution in [0, 0.1) is 0 Å². The van der Waals surface area contributed by atoms with Gasteiger partial charge in [-0.1, -0.05) is 12.7 Å². The van der Waals surface area contributed by atoms with Crippen LogP contribution in [-0.4, -0.2) is 19.9 Å². The second-order valence-electron chi connectivity index (χ2n) is 6.34. The van der Waals surface area contributed by atoms with E-state index in [2.05, 4.69) is 21.5 Å². The van der Waals surface area contributed by atoms with Crippen molar-refractivity contribution in [1.82, 2.24) is 19.9 Å². The van der Waals surface area contributed by atoms with Crippen molar-refractivity contribution in [3.8, 4) is 0 Å². The largest absolute Gasteiger partial charge is 0.355 e. The van der Waals surface area contributed by atoms with Crippen LogP contribution >= 0.6 is 0 Å². The Labute approximate surface area is 150 Å². The van der Waals surface area contributed by atoms with Gasteiger partial charge in [-0.15, -0.1) is 0 Å². The van der Waals surface area contributed by atoms with Crippen molar-refractivity contribution < 1.29 is 0 Å². The molecular formula is C22H16N4. The van der Waals surface area contributed by atoms with Gasteiger partial charge in [-0.2, -0.15) is 0 Å². The number of nitrogens with zero attached hydrogens (tertiary/aromatic N) is 2. The van der Waals surface area contributed by atoms with Gasteiger partial charge in [0.2, 0.25) is 0 Å². The second-order valence-corrected chi connectivity index (χ2v) is 6.34. The van der Waals surface area contributed by atoms with Gasteiger partial charge in [0.05, 0.1) is 22.8 Å². The summed E-state index contributed by atoms with van der Waals surface area (Å²) in [7, 11) is 0. The number of H-pyrrole nitrogens is 2. The molecule has 5 rings (SSSR count). The highest BCUT2D eigenvalue weighted by Crippen LogP contribution is 2.23. The summed E-state index contributed by atoms with van der Waals surface area (Å²) in [5, 5.41) is 0. The Morgan fingerprint density at radius 2 is 1.23 bits per heavy atom. The van der Waals surface area contributed by atoms with Crippen molar-refractivity contribution >= 4 is 45.9 Å². The van der Waals surface area contributed by atoms with E-state index in [9.17, 15) is 0 Å². The molecule has 4 heteroatoms. The molecule has 2 aliphatic heterocycles. The first-order chi connectivity index (χ1) is 12.7. The minimum absolute atomic E-state index is 0.902. The lowest BCUT2D eigenvalue weighted by atomic mass is 10.2. The monoisotopic (exact) mass is 336 g/mol. The highest BCUT2D eigenvalue weighted by molar-refractivity contribution is 5.89. The van der Waals surface area contributed by atoms with E-state index < -0.39 is 0 Å². The number of nitrogens with one attached hydrogen (secondary N) is 2. The van der Waals surface area contributed by atoms with Gasteiger partial charge in [0.15, 0.2) is 0 Å². The fraction of sp³-hybridized carbons (Fsp3) is 0. The molecule has 8 bridgehead atoms. The molecule has 0 aliphatic carbocycles. The molecular weight excluding hydrogens is 320 g/mol. The second kappa shape index (κ2) is 5.70. The summed E-state index contributed by atoms with van der Waals surface area (Å²) < 4.78 is 0. The van der Waals surface area contributed by atoms with Crippen LogP contribution in [0.1, 0.15) is 22.8 Å². The van der Waals surface area contributed by atoms with E-state index in [1.54, 1.807) is 0 Å². The molecule has 124 valence electrons. The van der Waals surface area contributed by atoms with Gasteiger partial charge in [0.1, 0.15) is 0 Å². The maximum Gasteiger partial charge on any atom is 0.0730 e. The highest BCUT2D eigenvalue weighted by atomic mass is 14.8. The first kappa shape index (κ1) is 14.7. The third kappa shape index (κ3) is 2.67. The van der Waals surface area contributed by atoms with E-state index >= 15 is 0 Å². The van der Waals surface area contributed by atoms with E-state index in [4.69, 9.17) is 4.98 Å². The lowest BCUT2D eigenvalue weighted by Crippen LogP contribution is -1.77. The fourth-order valence-electron chi connectivity index (χ4n) is 3.20. The van der Waals surface area contributed by atoms with E-state index in [-0.39, 0.29) is 0 Å². The third-order valence-electron chi connectivity index (χ3n) is 4.42. The summed E-state index contributed by atoms with van der Waals surface area (Å²) in [6.45, 7) is 3.91. The standard InChI is InChI=1S/C22H16N4/c1-2-14-9-21-12-19-6-5-17(24-19)10-15-3-4-16(23-15)11-18-7-8-20(25-18)13-22(14)26-21/h2-13,24-25H,1H2. The average molecular weight is 336 g/mol. The number of aromatic amines is 2. The van der Waals surface area contributed by atoms with Gasteiger partial charge < -0.3 is 9.97 Å². The summed E-state index contributed by atoms with van der Waals surface area (Å²) in [5.74, 6) is 0. The molecule has 0 atom stereocenters. The molecule has 2 N–H and O–H groups in total. The Bertz CT molecular complexity index is 1250. The Kier molecular flexibility index (Phi) is 3.22. The van der Waals surface area contributed by atoms with E-state index in [0.29, 0.717) is 0 Å². The lowest BCUT2D eigenvalue weighted by molar-refractivity contribution is 1.31. The highest BCUT2D eigenvalue weighted by Gasteiger charge is 2.07. The Hall–Kier alpha value is -3.66. The average Bonchev–Trinajstić information content (AvgIpc) is 3.39. The molecule has 0 amide bonds. The maximum atomic E-state index is 4.73. The number of fused-ring (bicyclic) bond motifs is 8. The molecule has 0 fully saturated rings. The molecule has 0 saturated carbocycles. The first-order valence-corrected chi connectivity index (χ1v) is 8.46. The van der Waals surface area contributed by atoms with Crippen molar-refractivity contribution in [2.45, 2.75) is 0 Å². The lowest BCUT2D eigenvalue weighted by Gasteiger charge is -1.90. The van der Waals surface area contributed by atoms with Crippen LogP contribution in [0.15, 0.2) is 61.2 Å². The van der Waals surface area contributed by atoms with Gasteiger partial charge in [0, 0.05) is 27.6 Å². The van der Waals surface area contributed by atoms with Crippen molar-refractivity contribution in [2.24, 2.45) is 0 Å². The summed E-state index contributed by atoms with van der Waals surface area (Å²) in [5.41, 5.74) is 8.69. The molecule has 5 heterocycles. The first-order valence-electron chi connectivity index (χ1n) is 8.46. The van der Waals surface area contributed by atoms with Crippen LogP contribution < -0.4 is 0 Å². The zero-order chi connectivity index (χ0) is 17.5. The predicted molar refractivity (Wildman–Crippen MR) is 108 cm³/mol. The van der Waals surface area contributed by atoms with E-state index in [1.165, 1.54) is 0 Å². The number of allylic oxidation sites excluding steroid dienone is 2. The maximum absolute atomic E-state index is 4.73. The van der Waals surface area contributed by atoms with Crippen LogP contribution in [0.3, 0.4) is 0 Å². The minimum Gasteiger partial charge on any atom is -0.355 e. The molecule has 0 saturated heterocycles. The van der Waals surface area contributed by atoms with Crippen LogP contribution in [0.2, 0.25) is 0 Å². The van der Waals surface area contributed by atoms with Crippen LogP contribution in [0.5, 0.6) is 0 Å². The van der Waals surface area contributed by atoms with Crippen molar-refractivity contribution in [1.29, 1.82) is 0 Å². The summed E-state index contributed by atoms with van der Waals surface area (Å²) in [6, 6.07) is 16.3. The van der Waals surface area contributed by atoms with Gasteiger partial charge in [-0.25, -0.2) is 9.97 Å². The van der Waals surface area contributed by atoms with E-state index in [1.807, 2.05) is 72.8 Å². The predicted octanol–water partition coefficient (Wildman–Crippen LogP) is 5.21. The number of hydrogen-bond acceptors (Lipinski definition) is 2. The topological polar surface area (TPSA) is 57.4 Å². The van der Waals surface area contributed by atoms with Crippen molar-refractivity contribution in [2.75, 3.05) is 0 Å². The zero-order valence-electron chi connectivity index (χ0n) is 14.0. The van der Waals surface area contributed by atoms with Gasteiger partial charge in [-0.05, 0) is 66.8 Å². The smallest absolute Gasteiger partial charge is 0.0730 e. The van der Waals surface area contributed by atoms with E-state index in [0.717, 1.165) is 50.4 Å². The zero-order valence-corrected chi connectivity index (χ0v) is 14.0. The summed E-state index contributed by atoms with van der Waals surface area (Å²) >= 11 is 0. The molecule has 0 unspecified atom stereocenters. The Balaban J connectivity index is 1.86. The minimum atomic E-state index is 0.902. The number of aromatic nitrogens is 4. The molecule has 3 aromatic rings. The fourth-order valence-corrected chi connectivity index (χ4v) is 3.20. The quantitative estimate of drug-likeness (QED) is 0.501. The molecule has 3 aromatic heterocycles. The summed E-state index contributed by atoms with van der Waals surface area (Å²) in [6.07, 6.45) is 7.92. The van der Waals surface area contributed by atoms with Crippen LogP contribution in [-0.2, 0) is 0 Å². The number of rotatable bonds is 1. The molecule has 26 heavy (non-hydrogen) atoms. The van der Waals surface area contributed by atoms with Gasteiger partial charge in [0.25, 0.3) is 0 Å².